The Morgan fingerprint density at radius 1 is 1.18 bits per heavy atom. The minimum Gasteiger partial charge on any atom is -0.468 e. The first-order valence-corrected chi connectivity index (χ1v) is 11.1. The zero-order chi connectivity index (χ0) is 24.0. The minimum atomic E-state index is -0.927. The summed E-state index contributed by atoms with van der Waals surface area (Å²) in [5.74, 6) is 7.09. The molecule has 0 aliphatic carbocycles. The maximum Gasteiger partial charge on any atom is 0.323 e. The van der Waals surface area contributed by atoms with Crippen LogP contribution in [0.2, 0.25) is 0 Å². The van der Waals surface area contributed by atoms with E-state index in [-0.39, 0.29) is 11.8 Å². The van der Waals surface area contributed by atoms with E-state index in [1.54, 1.807) is 24.3 Å². The van der Waals surface area contributed by atoms with E-state index in [9.17, 15) is 4.79 Å². The summed E-state index contributed by atoms with van der Waals surface area (Å²) >= 11 is 0. The molecular weight excluding hydrogens is 433 g/mol. The van der Waals surface area contributed by atoms with Crippen LogP contribution in [-0.2, 0) is 16.0 Å². The van der Waals surface area contributed by atoms with Gasteiger partial charge in [0.05, 0.1) is 18.0 Å². The van der Waals surface area contributed by atoms with E-state index in [0.717, 1.165) is 29.7 Å². The molecule has 4 aromatic rings. The Balaban J connectivity index is 1.69. The fourth-order valence-electron chi connectivity index (χ4n) is 4.46. The number of hydrogen-bond acceptors (Lipinski definition) is 6. The number of hydrogen-bond donors (Lipinski definition) is 0. The highest BCUT2D eigenvalue weighted by molar-refractivity contribution is 5.94. The number of benzene rings is 2. The Morgan fingerprint density at radius 3 is 2.76 bits per heavy atom. The van der Waals surface area contributed by atoms with Crippen LogP contribution < -0.4 is 4.90 Å². The average Bonchev–Trinajstić information content (AvgIpc) is 3.22. The van der Waals surface area contributed by atoms with Crippen molar-refractivity contribution in [2.75, 3.05) is 18.6 Å². The predicted octanol–water partition coefficient (Wildman–Crippen LogP) is 4.36. The maximum absolute atomic E-state index is 15.2. The van der Waals surface area contributed by atoms with Crippen molar-refractivity contribution in [1.82, 2.24) is 19.6 Å². The summed E-state index contributed by atoms with van der Waals surface area (Å²) in [6, 6.07) is 10.8. The number of carbonyl (C=O) groups excluding carboxylic acids is 1. The molecule has 0 radical (unpaired) electrons. The van der Waals surface area contributed by atoms with Crippen LogP contribution in [0.15, 0.2) is 36.4 Å². The third-order valence-corrected chi connectivity index (χ3v) is 6.18. The van der Waals surface area contributed by atoms with Gasteiger partial charge < -0.3 is 9.64 Å². The molecule has 0 fully saturated rings. The number of aromatic nitrogens is 4. The SMILES string of the molecule is COC(=O)C(C)(C)C#Cc1cccc2c1CCCN2c1nc2nnc(C)n2c2cccc(F)c12. The first-order valence-electron chi connectivity index (χ1n) is 11.1. The first kappa shape index (κ1) is 21.8. The van der Waals surface area contributed by atoms with Crippen molar-refractivity contribution in [2.45, 2.75) is 33.6 Å². The van der Waals surface area contributed by atoms with Crippen molar-refractivity contribution < 1.29 is 13.9 Å². The summed E-state index contributed by atoms with van der Waals surface area (Å²) in [7, 11) is 1.36. The van der Waals surface area contributed by atoms with Gasteiger partial charge in [0.25, 0.3) is 5.78 Å². The summed E-state index contributed by atoms with van der Waals surface area (Å²) in [6.45, 7) is 5.98. The molecule has 34 heavy (non-hydrogen) atoms. The quantitative estimate of drug-likeness (QED) is 0.329. The van der Waals surface area contributed by atoms with Crippen LogP contribution in [0.25, 0.3) is 16.7 Å². The molecule has 1 aliphatic rings. The van der Waals surface area contributed by atoms with Crippen molar-refractivity contribution in [3.05, 3.63) is 59.2 Å². The number of esters is 1. The van der Waals surface area contributed by atoms with Crippen molar-refractivity contribution in [2.24, 2.45) is 5.41 Å². The van der Waals surface area contributed by atoms with Crippen LogP contribution in [0.1, 0.15) is 37.2 Å². The lowest BCUT2D eigenvalue weighted by Crippen LogP contribution is -2.27. The summed E-state index contributed by atoms with van der Waals surface area (Å²) in [5, 5.41) is 8.76. The van der Waals surface area contributed by atoms with Crippen LogP contribution in [0.4, 0.5) is 15.9 Å². The Hall–Kier alpha value is -3.99. The maximum atomic E-state index is 15.2. The van der Waals surface area contributed by atoms with Gasteiger partial charge in [0.2, 0.25) is 0 Å². The second kappa shape index (κ2) is 8.10. The van der Waals surface area contributed by atoms with E-state index in [1.807, 2.05) is 36.1 Å². The molecular formula is C26H24FN5O2. The number of nitrogens with zero attached hydrogens (tertiary/aromatic N) is 5. The van der Waals surface area contributed by atoms with E-state index in [1.165, 1.54) is 13.2 Å². The van der Waals surface area contributed by atoms with Crippen LogP contribution in [-0.4, -0.2) is 39.2 Å². The minimum absolute atomic E-state index is 0.349. The molecule has 172 valence electrons. The van der Waals surface area contributed by atoms with Gasteiger partial charge in [-0.1, -0.05) is 24.0 Å². The number of carbonyl (C=O) groups is 1. The van der Waals surface area contributed by atoms with Crippen LogP contribution in [0, 0.1) is 30.0 Å². The predicted molar refractivity (Wildman–Crippen MR) is 127 cm³/mol. The third-order valence-electron chi connectivity index (χ3n) is 6.18. The number of anilines is 2. The lowest BCUT2D eigenvalue weighted by atomic mass is 9.92. The zero-order valence-electron chi connectivity index (χ0n) is 19.5. The second-order valence-electron chi connectivity index (χ2n) is 8.88. The van der Waals surface area contributed by atoms with E-state index in [0.29, 0.717) is 34.9 Å². The normalized spacial score (nSPS) is 13.5. The zero-order valence-corrected chi connectivity index (χ0v) is 19.5. The van der Waals surface area contributed by atoms with Gasteiger partial charge in [0.1, 0.15) is 22.9 Å². The number of fused-ring (bicyclic) bond motifs is 4. The van der Waals surface area contributed by atoms with Crippen molar-refractivity contribution >= 4 is 34.2 Å². The molecule has 0 spiro atoms. The molecule has 0 saturated carbocycles. The molecule has 7 nitrogen and oxygen atoms in total. The Morgan fingerprint density at radius 2 is 1.97 bits per heavy atom. The molecule has 0 atom stereocenters. The fourth-order valence-corrected chi connectivity index (χ4v) is 4.46. The Kier molecular flexibility index (Phi) is 5.20. The van der Waals surface area contributed by atoms with Crippen LogP contribution in [0.5, 0.6) is 0 Å². The molecule has 2 aromatic carbocycles. The van der Waals surface area contributed by atoms with Gasteiger partial charge in [0.15, 0.2) is 0 Å². The topological polar surface area (TPSA) is 72.6 Å². The van der Waals surface area contributed by atoms with E-state index >= 15 is 4.39 Å². The van der Waals surface area contributed by atoms with Gasteiger partial charge in [0, 0.05) is 17.8 Å². The Labute approximate surface area is 196 Å². The summed E-state index contributed by atoms with van der Waals surface area (Å²) < 4.78 is 21.8. The van der Waals surface area contributed by atoms with Gasteiger partial charge in [-0.2, -0.15) is 4.98 Å². The molecule has 0 N–H and O–H groups in total. The number of aryl methyl sites for hydroxylation is 1. The van der Waals surface area contributed by atoms with Gasteiger partial charge in [-0.25, -0.2) is 4.39 Å². The highest BCUT2D eigenvalue weighted by Gasteiger charge is 2.28. The third kappa shape index (κ3) is 3.45. The molecule has 0 bridgehead atoms. The van der Waals surface area contributed by atoms with Crippen molar-refractivity contribution in [3.8, 4) is 11.8 Å². The number of rotatable bonds is 2. The largest absolute Gasteiger partial charge is 0.468 e. The molecule has 1 aliphatic heterocycles. The van der Waals surface area contributed by atoms with Gasteiger partial charge in [-0.15, -0.1) is 10.2 Å². The molecule has 0 amide bonds. The molecule has 2 aromatic heterocycles. The lowest BCUT2D eigenvalue weighted by Gasteiger charge is -2.32. The van der Waals surface area contributed by atoms with Gasteiger partial charge >= 0.3 is 5.97 Å². The highest BCUT2D eigenvalue weighted by Crippen LogP contribution is 2.38. The number of halogens is 1. The standard InChI is InChI=1S/C26H24FN5O2/c1-16-29-30-25-28-23(22-19(27)10-6-12-21(22)32(16)25)31-15-7-9-18-17(8-5-11-20(18)31)13-14-26(2,3)24(33)34-4/h5-6,8,10-12H,7,9,15H2,1-4H3. The first-order chi connectivity index (χ1) is 16.3. The fraction of sp³-hybridized carbons (Fsp3) is 0.308. The van der Waals surface area contributed by atoms with Gasteiger partial charge in [-0.05, 0) is 63.4 Å². The van der Waals surface area contributed by atoms with E-state index < -0.39 is 5.41 Å². The van der Waals surface area contributed by atoms with Crippen LogP contribution >= 0.6 is 0 Å². The summed E-state index contributed by atoms with van der Waals surface area (Å²) in [6.07, 6.45) is 1.67. The molecule has 3 heterocycles. The molecule has 5 rings (SSSR count). The summed E-state index contributed by atoms with van der Waals surface area (Å²) in [5.41, 5.74) is 2.55. The van der Waals surface area contributed by atoms with Crippen molar-refractivity contribution in [3.63, 3.8) is 0 Å². The second-order valence-corrected chi connectivity index (χ2v) is 8.88. The summed E-state index contributed by atoms with van der Waals surface area (Å²) in [4.78, 5) is 18.8. The van der Waals surface area contributed by atoms with E-state index in [4.69, 9.17) is 9.72 Å². The van der Waals surface area contributed by atoms with Crippen LogP contribution in [0.3, 0.4) is 0 Å². The molecule has 8 heteroatoms. The smallest absolute Gasteiger partial charge is 0.323 e. The molecule has 0 unspecified atom stereocenters. The Bertz CT molecular complexity index is 1510. The molecule has 0 saturated heterocycles. The van der Waals surface area contributed by atoms with Gasteiger partial charge in [-0.3, -0.25) is 9.20 Å². The lowest BCUT2D eigenvalue weighted by molar-refractivity contribution is -0.147. The monoisotopic (exact) mass is 457 g/mol. The number of ether oxygens (including phenoxy) is 1. The average molecular weight is 458 g/mol. The van der Waals surface area contributed by atoms with E-state index in [2.05, 4.69) is 22.0 Å². The number of methoxy groups -OCH3 is 1. The highest BCUT2D eigenvalue weighted by atomic mass is 19.1. The van der Waals surface area contributed by atoms with Crippen molar-refractivity contribution in [1.29, 1.82) is 0 Å².